The lowest BCUT2D eigenvalue weighted by molar-refractivity contribution is -0.152. The quantitative estimate of drug-likeness (QED) is 0.845. The van der Waals surface area contributed by atoms with Gasteiger partial charge < -0.3 is 10.5 Å². The van der Waals surface area contributed by atoms with Crippen LogP contribution in [0.15, 0.2) is 18.2 Å². The Morgan fingerprint density at radius 2 is 2.06 bits per heavy atom. The second-order valence-electron chi connectivity index (χ2n) is 4.69. The Bertz CT molecular complexity index is 429. The zero-order chi connectivity index (χ0) is 13.2. The van der Waals surface area contributed by atoms with Gasteiger partial charge in [0.25, 0.3) is 0 Å². The minimum atomic E-state index is -0.770. The number of ether oxygens (including phenoxy) is 1. The molecule has 0 aromatic heterocycles. The van der Waals surface area contributed by atoms with E-state index in [0.717, 1.165) is 11.1 Å². The van der Waals surface area contributed by atoms with Crippen molar-refractivity contribution in [1.29, 1.82) is 0 Å². The summed E-state index contributed by atoms with van der Waals surface area (Å²) >= 11 is 5.89. The zero-order valence-corrected chi connectivity index (χ0v) is 11.3. The molecule has 0 spiro atoms. The second kappa shape index (κ2) is 5.07. The fraction of sp³-hybridized carbons (Fsp3) is 0.462. The Labute approximate surface area is 107 Å². The highest BCUT2D eigenvalue weighted by Crippen LogP contribution is 2.34. The molecule has 3 nitrogen and oxygen atoms in total. The molecule has 0 radical (unpaired) electrons. The topological polar surface area (TPSA) is 52.3 Å². The summed E-state index contributed by atoms with van der Waals surface area (Å²) < 4.78 is 4.78. The van der Waals surface area contributed by atoms with Crippen molar-refractivity contribution in [3.8, 4) is 0 Å². The van der Waals surface area contributed by atoms with E-state index < -0.39 is 11.5 Å². The summed E-state index contributed by atoms with van der Waals surface area (Å²) in [5, 5.41) is 0.661. The van der Waals surface area contributed by atoms with Crippen molar-refractivity contribution in [2.45, 2.75) is 26.8 Å². The summed E-state index contributed by atoms with van der Waals surface area (Å²) in [6, 6.07) is 5.04. The molecule has 0 saturated carbocycles. The van der Waals surface area contributed by atoms with Crippen molar-refractivity contribution in [3.05, 3.63) is 34.3 Å². The number of methoxy groups -OCH3 is 1. The first-order chi connectivity index (χ1) is 7.80. The lowest BCUT2D eigenvalue weighted by atomic mass is 9.80. The van der Waals surface area contributed by atoms with Crippen molar-refractivity contribution in [3.63, 3.8) is 0 Å². The normalized spacial score (nSPS) is 13.3. The van der Waals surface area contributed by atoms with Gasteiger partial charge in [-0.3, -0.25) is 4.79 Å². The van der Waals surface area contributed by atoms with Crippen LogP contribution in [-0.4, -0.2) is 13.1 Å². The Morgan fingerprint density at radius 3 is 2.53 bits per heavy atom. The number of benzene rings is 1. The van der Waals surface area contributed by atoms with Gasteiger partial charge in [-0.15, -0.1) is 0 Å². The number of rotatable bonds is 3. The van der Waals surface area contributed by atoms with Crippen LogP contribution in [-0.2, 0) is 9.53 Å². The summed E-state index contributed by atoms with van der Waals surface area (Å²) in [7, 11) is 1.37. The highest BCUT2D eigenvalue weighted by molar-refractivity contribution is 6.30. The van der Waals surface area contributed by atoms with E-state index in [1.54, 1.807) is 19.9 Å². The number of nitrogens with two attached hydrogens (primary N) is 1. The van der Waals surface area contributed by atoms with Crippen LogP contribution in [0.2, 0.25) is 5.02 Å². The molecular weight excluding hydrogens is 238 g/mol. The fourth-order valence-corrected chi connectivity index (χ4v) is 1.99. The smallest absolute Gasteiger partial charge is 0.313 e. The van der Waals surface area contributed by atoms with E-state index in [9.17, 15) is 4.79 Å². The summed E-state index contributed by atoms with van der Waals surface area (Å²) in [6.45, 7) is 5.48. The molecule has 0 heterocycles. The lowest BCUT2D eigenvalue weighted by Gasteiger charge is -2.30. The van der Waals surface area contributed by atoms with Gasteiger partial charge in [0.05, 0.1) is 12.5 Å². The average molecular weight is 256 g/mol. The van der Waals surface area contributed by atoms with E-state index in [0.29, 0.717) is 5.02 Å². The third-order valence-electron chi connectivity index (χ3n) is 3.06. The highest BCUT2D eigenvalue weighted by Gasteiger charge is 2.37. The molecule has 0 aliphatic rings. The van der Waals surface area contributed by atoms with Gasteiger partial charge in [-0.25, -0.2) is 0 Å². The van der Waals surface area contributed by atoms with Gasteiger partial charge in [-0.2, -0.15) is 0 Å². The molecule has 2 N–H and O–H groups in total. The molecule has 0 unspecified atom stereocenters. The number of carbonyl (C=O) groups excluding carboxylic acids is 1. The monoisotopic (exact) mass is 255 g/mol. The maximum Gasteiger partial charge on any atom is 0.313 e. The standard InChI is InChI=1S/C13H18ClNO2/c1-8-7-9(14)5-6-10(8)11(15)13(2,3)12(16)17-4/h5-7,11H,15H2,1-4H3/t11-/m0/s1. The van der Waals surface area contributed by atoms with E-state index in [2.05, 4.69) is 0 Å². The van der Waals surface area contributed by atoms with Gasteiger partial charge in [0, 0.05) is 11.1 Å². The first-order valence-electron chi connectivity index (χ1n) is 5.40. The summed E-state index contributed by atoms with van der Waals surface area (Å²) in [4.78, 5) is 11.7. The molecule has 0 fully saturated rings. The van der Waals surface area contributed by atoms with E-state index in [-0.39, 0.29) is 5.97 Å². The Balaban J connectivity index is 3.11. The number of carbonyl (C=O) groups is 1. The van der Waals surface area contributed by atoms with Crippen LogP contribution < -0.4 is 5.73 Å². The van der Waals surface area contributed by atoms with Gasteiger partial charge in [-0.05, 0) is 44.0 Å². The predicted molar refractivity (Wildman–Crippen MR) is 68.9 cm³/mol. The van der Waals surface area contributed by atoms with E-state index in [4.69, 9.17) is 22.1 Å². The maximum atomic E-state index is 11.7. The predicted octanol–water partition coefficient (Wildman–Crippen LogP) is 2.85. The first-order valence-corrected chi connectivity index (χ1v) is 5.78. The van der Waals surface area contributed by atoms with Crippen LogP contribution in [0.25, 0.3) is 0 Å². The third-order valence-corrected chi connectivity index (χ3v) is 3.29. The Hall–Kier alpha value is -1.06. The highest BCUT2D eigenvalue weighted by atomic mass is 35.5. The van der Waals surface area contributed by atoms with Gasteiger partial charge in [0.15, 0.2) is 0 Å². The van der Waals surface area contributed by atoms with Crippen LogP contribution in [0.3, 0.4) is 0 Å². The minimum Gasteiger partial charge on any atom is -0.469 e. The van der Waals surface area contributed by atoms with Crippen LogP contribution in [0.5, 0.6) is 0 Å². The van der Waals surface area contributed by atoms with E-state index >= 15 is 0 Å². The molecule has 17 heavy (non-hydrogen) atoms. The summed E-state index contributed by atoms with van der Waals surface area (Å²) in [6.07, 6.45) is 0. The summed E-state index contributed by atoms with van der Waals surface area (Å²) in [5.74, 6) is -0.320. The number of halogens is 1. The molecular formula is C13H18ClNO2. The number of hydrogen-bond donors (Lipinski definition) is 1. The van der Waals surface area contributed by atoms with Crippen molar-refractivity contribution in [2.75, 3.05) is 7.11 Å². The Kier molecular flexibility index (Phi) is 4.17. The first kappa shape index (κ1) is 14.0. The molecule has 1 aromatic rings. The van der Waals surface area contributed by atoms with Crippen LogP contribution in [0, 0.1) is 12.3 Å². The molecule has 0 aliphatic heterocycles. The molecule has 1 rings (SSSR count). The minimum absolute atomic E-state index is 0.320. The van der Waals surface area contributed by atoms with Gasteiger partial charge in [0.2, 0.25) is 0 Å². The van der Waals surface area contributed by atoms with Crippen LogP contribution in [0.1, 0.15) is 31.0 Å². The molecule has 0 saturated heterocycles. The molecule has 0 aliphatic carbocycles. The largest absolute Gasteiger partial charge is 0.469 e. The number of esters is 1. The number of hydrogen-bond acceptors (Lipinski definition) is 3. The Morgan fingerprint density at radius 1 is 1.47 bits per heavy atom. The molecule has 0 amide bonds. The van der Waals surface area contributed by atoms with Gasteiger partial charge in [-0.1, -0.05) is 17.7 Å². The SMILES string of the molecule is COC(=O)C(C)(C)[C@@H](N)c1ccc(Cl)cc1C. The van der Waals surface area contributed by atoms with E-state index in [1.165, 1.54) is 7.11 Å². The van der Waals surface area contributed by atoms with E-state index in [1.807, 2.05) is 19.1 Å². The fourth-order valence-electron chi connectivity index (χ4n) is 1.77. The molecule has 94 valence electrons. The molecule has 1 atom stereocenters. The van der Waals surface area contributed by atoms with Gasteiger partial charge >= 0.3 is 5.97 Å². The lowest BCUT2D eigenvalue weighted by Crippen LogP contribution is -2.37. The molecule has 4 heteroatoms. The maximum absolute atomic E-state index is 11.7. The van der Waals surface area contributed by atoms with Gasteiger partial charge in [0.1, 0.15) is 0 Å². The van der Waals surface area contributed by atoms with Crippen molar-refractivity contribution < 1.29 is 9.53 Å². The van der Waals surface area contributed by atoms with Crippen LogP contribution >= 0.6 is 11.6 Å². The van der Waals surface area contributed by atoms with Crippen molar-refractivity contribution in [2.24, 2.45) is 11.1 Å². The second-order valence-corrected chi connectivity index (χ2v) is 5.13. The average Bonchev–Trinajstić information content (AvgIpc) is 2.27. The van der Waals surface area contributed by atoms with Crippen molar-refractivity contribution >= 4 is 17.6 Å². The number of aryl methyl sites for hydroxylation is 1. The molecule has 0 bridgehead atoms. The zero-order valence-electron chi connectivity index (χ0n) is 10.6. The molecule has 1 aromatic carbocycles. The summed E-state index contributed by atoms with van der Waals surface area (Å²) in [5.41, 5.74) is 7.27. The van der Waals surface area contributed by atoms with Crippen molar-refractivity contribution in [1.82, 2.24) is 0 Å². The third kappa shape index (κ3) is 2.79. The van der Waals surface area contributed by atoms with Crippen LogP contribution in [0.4, 0.5) is 0 Å².